The Bertz CT molecular complexity index is 533. The minimum atomic E-state index is 0.547. The van der Waals surface area contributed by atoms with Crippen LogP contribution in [0.25, 0.3) is 0 Å². The summed E-state index contributed by atoms with van der Waals surface area (Å²) < 4.78 is 0. The minimum absolute atomic E-state index is 0.547. The highest BCUT2D eigenvalue weighted by Gasteiger charge is 2.29. The van der Waals surface area contributed by atoms with E-state index in [1.165, 1.54) is 27.4 Å². The lowest BCUT2D eigenvalue weighted by molar-refractivity contribution is 0.680. The van der Waals surface area contributed by atoms with Crippen molar-refractivity contribution in [1.82, 2.24) is 10.3 Å². The van der Waals surface area contributed by atoms with E-state index < -0.39 is 0 Å². The first-order valence-electron chi connectivity index (χ1n) is 6.61. The maximum Gasteiger partial charge on any atom is 0.101 e. The lowest BCUT2D eigenvalue weighted by atomic mass is 9.78. The van der Waals surface area contributed by atoms with Crippen LogP contribution in [0.15, 0.2) is 30.5 Å². The lowest BCUT2D eigenvalue weighted by Gasteiger charge is -2.28. The van der Waals surface area contributed by atoms with Crippen LogP contribution in [-0.2, 0) is 13.0 Å². The SMILES string of the molecule is CCCNCc1cnc(C2Cc3ccccc32)s1. The molecule has 1 aliphatic carbocycles. The Labute approximate surface area is 112 Å². The predicted octanol–water partition coefficient (Wildman–Crippen LogP) is 3.33. The standard InChI is InChI=1S/C15H18N2S/c1-2-7-16-9-12-10-17-15(18-12)14-8-11-5-3-4-6-13(11)14/h3-6,10,14,16H,2,7-9H2,1H3. The van der Waals surface area contributed by atoms with Gasteiger partial charge in [-0.3, -0.25) is 0 Å². The quantitative estimate of drug-likeness (QED) is 0.832. The van der Waals surface area contributed by atoms with Crippen molar-refractivity contribution in [3.8, 4) is 0 Å². The largest absolute Gasteiger partial charge is 0.312 e. The average molecular weight is 258 g/mol. The molecule has 0 saturated carbocycles. The maximum atomic E-state index is 4.59. The number of aromatic nitrogens is 1. The van der Waals surface area contributed by atoms with Crippen molar-refractivity contribution < 1.29 is 0 Å². The van der Waals surface area contributed by atoms with Crippen LogP contribution in [0.3, 0.4) is 0 Å². The van der Waals surface area contributed by atoms with Gasteiger partial charge in [0.25, 0.3) is 0 Å². The Kier molecular flexibility index (Phi) is 3.43. The summed E-state index contributed by atoms with van der Waals surface area (Å²) in [5.41, 5.74) is 2.96. The van der Waals surface area contributed by atoms with Crippen LogP contribution >= 0.6 is 11.3 Å². The van der Waals surface area contributed by atoms with Crippen LogP contribution < -0.4 is 5.32 Å². The van der Waals surface area contributed by atoms with Crippen molar-refractivity contribution >= 4 is 11.3 Å². The highest BCUT2D eigenvalue weighted by molar-refractivity contribution is 7.11. The molecular weight excluding hydrogens is 240 g/mol. The molecule has 94 valence electrons. The number of nitrogens with one attached hydrogen (secondary N) is 1. The molecule has 0 aliphatic heterocycles. The molecule has 1 aromatic heterocycles. The monoisotopic (exact) mass is 258 g/mol. The molecule has 0 bridgehead atoms. The van der Waals surface area contributed by atoms with Gasteiger partial charge >= 0.3 is 0 Å². The molecule has 1 unspecified atom stereocenters. The average Bonchev–Trinajstić information content (AvgIpc) is 2.80. The van der Waals surface area contributed by atoms with E-state index in [9.17, 15) is 0 Å². The second-order valence-electron chi connectivity index (χ2n) is 4.80. The van der Waals surface area contributed by atoms with Gasteiger partial charge in [-0.05, 0) is 30.5 Å². The first kappa shape index (κ1) is 11.9. The third kappa shape index (κ3) is 2.20. The fraction of sp³-hybridized carbons (Fsp3) is 0.400. The zero-order chi connectivity index (χ0) is 12.4. The minimum Gasteiger partial charge on any atom is -0.312 e. The molecule has 3 rings (SSSR count). The fourth-order valence-corrected chi connectivity index (χ4v) is 3.44. The van der Waals surface area contributed by atoms with E-state index in [0.717, 1.165) is 19.5 Å². The van der Waals surface area contributed by atoms with Gasteiger partial charge in [0.2, 0.25) is 0 Å². The van der Waals surface area contributed by atoms with Crippen molar-refractivity contribution in [3.05, 3.63) is 51.5 Å². The molecule has 1 aliphatic rings. The number of thiazole rings is 1. The second-order valence-corrected chi connectivity index (χ2v) is 5.94. The van der Waals surface area contributed by atoms with E-state index in [2.05, 4.69) is 41.5 Å². The van der Waals surface area contributed by atoms with E-state index in [-0.39, 0.29) is 0 Å². The molecule has 0 fully saturated rings. The molecule has 0 amide bonds. The maximum absolute atomic E-state index is 4.59. The summed E-state index contributed by atoms with van der Waals surface area (Å²) >= 11 is 1.86. The van der Waals surface area contributed by atoms with E-state index in [4.69, 9.17) is 0 Å². The number of hydrogen-bond acceptors (Lipinski definition) is 3. The summed E-state index contributed by atoms with van der Waals surface area (Å²) in [6.45, 7) is 4.23. The van der Waals surface area contributed by atoms with Crippen LogP contribution in [0, 0.1) is 0 Å². The Morgan fingerprint density at radius 3 is 3.11 bits per heavy atom. The van der Waals surface area contributed by atoms with Gasteiger partial charge in [-0.15, -0.1) is 11.3 Å². The Hall–Kier alpha value is -1.19. The van der Waals surface area contributed by atoms with Gasteiger partial charge in [-0.2, -0.15) is 0 Å². The van der Waals surface area contributed by atoms with Crippen LogP contribution in [0.1, 0.15) is 40.3 Å². The fourth-order valence-electron chi connectivity index (χ4n) is 2.43. The van der Waals surface area contributed by atoms with Gasteiger partial charge in [-0.1, -0.05) is 31.2 Å². The summed E-state index contributed by atoms with van der Waals surface area (Å²) in [5, 5.41) is 4.71. The van der Waals surface area contributed by atoms with Gasteiger partial charge < -0.3 is 5.32 Å². The van der Waals surface area contributed by atoms with Gasteiger partial charge in [0.15, 0.2) is 0 Å². The van der Waals surface area contributed by atoms with Crippen molar-refractivity contribution in [3.63, 3.8) is 0 Å². The molecule has 0 spiro atoms. The molecule has 3 heteroatoms. The molecule has 1 N–H and O–H groups in total. The summed E-state index contributed by atoms with van der Waals surface area (Å²) in [5.74, 6) is 0.547. The van der Waals surface area contributed by atoms with Crippen molar-refractivity contribution in [2.24, 2.45) is 0 Å². The lowest BCUT2D eigenvalue weighted by Crippen LogP contribution is -2.17. The Balaban J connectivity index is 1.68. The highest BCUT2D eigenvalue weighted by atomic mass is 32.1. The zero-order valence-corrected chi connectivity index (χ0v) is 11.5. The van der Waals surface area contributed by atoms with Gasteiger partial charge in [0.05, 0.1) is 0 Å². The summed E-state index contributed by atoms with van der Waals surface area (Å²) in [6.07, 6.45) is 4.37. The number of hydrogen-bond donors (Lipinski definition) is 1. The first-order chi connectivity index (χ1) is 8.88. The third-order valence-corrected chi connectivity index (χ3v) is 4.56. The number of nitrogens with zero attached hydrogens (tertiary/aromatic N) is 1. The van der Waals surface area contributed by atoms with Crippen LogP contribution in [0.2, 0.25) is 0 Å². The second kappa shape index (κ2) is 5.21. The normalized spacial score (nSPS) is 17.3. The molecule has 0 radical (unpaired) electrons. The van der Waals surface area contributed by atoms with Crippen molar-refractivity contribution in [1.29, 1.82) is 0 Å². The molecular formula is C15H18N2S. The predicted molar refractivity (Wildman–Crippen MR) is 76.1 cm³/mol. The van der Waals surface area contributed by atoms with Crippen molar-refractivity contribution in [2.45, 2.75) is 32.2 Å². The van der Waals surface area contributed by atoms with E-state index >= 15 is 0 Å². The van der Waals surface area contributed by atoms with E-state index in [1.807, 2.05) is 17.5 Å². The number of rotatable bonds is 5. The molecule has 2 nitrogen and oxygen atoms in total. The first-order valence-corrected chi connectivity index (χ1v) is 7.43. The molecule has 0 saturated heterocycles. The molecule has 1 atom stereocenters. The molecule has 1 aromatic carbocycles. The molecule has 18 heavy (non-hydrogen) atoms. The van der Waals surface area contributed by atoms with Crippen LogP contribution in [0.4, 0.5) is 0 Å². The van der Waals surface area contributed by atoms with Crippen LogP contribution in [0.5, 0.6) is 0 Å². The molecule has 2 aromatic rings. The summed E-state index contributed by atoms with van der Waals surface area (Å²) in [4.78, 5) is 5.94. The third-order valence-electron chi connectivity index (χ3n) is 3.45. The smallest absolute Gasteiger partial charge is 0.101 e. The van der Waals surface area contributed by atoms with E-state index in [1.54, 1.807) is 0 Å². The Morgan fingerprint density at radius 2 is 2.28 bits per heavy atom. The summed E-state index contributed by atoms with van der Waals surface area (Å²) in [7, 11) is 0. The Morgan fingerprint density at radius 1 is 1.39 bits per heavy atom. The highest BCUT2D eigenvalue weighted by Crippen LogP contribution is 2.41. The van der Waals surface area contributed by atoms with Crippen molar-refractivity contribution in [2.75, 3.05) is 6.54 Å². The number of benzene rings is 1. The number of fused-ring (bicyclic) bond motifs is 1. The van der Waals surface area contributed by atoms with Gasteiger partial charge in [0.1, 0.15) is 5.01 Å². The van der Waals surface area contributed by atoms with Gasteiger partial charge in [-0.25, -0.2) is 4.98 Å². The molecule has 1 heterocycles. The van der Waals surface area contributed by atoms with E-state index in [0.29, 0.717) is 5.92 Å². The van der Waals surface area contributed by atoms with Gasteiger partial charge in [0, 0.05) is 23.5 Å². The summed E-state index contributed by atoms with van der Waals surface area (Å²) in [6, 6.07) is 8.71. The zero-order valence-electron chi connectivity index (χ0n) is 10.6. The van der Waals surface area contributed by atoms with Crippen LogP contribution in [-0.4, -0.2) is 11.5 Å². The topological polar surface area (TPSA) is 24.9 Å².